The molecule has 1 aliphatic heterocycles. The van der Waals surface area contributed by atoms with Gasteiger partial charge >= 0.3 is 0 Å². The molecule has 1 N–H and O–H groups in total. The first kappa shape index (κ1) is 16.9. The zero-order valence-corrected chi connectivity index (χ0v) is 15.2. The number of benzene rings is 1. The van der Waals surface area contributed by atoms with Crippen molar-refractivity contribution < 1.29 is 14.0 Å². The molecule has 0 radical (unpaired) electrons. The molecule has 0 saturated heterocycles. The van der Waals surface area contributed by atoms with E-state index >= 15 is 0 Å². The van der Waals surface area contributed by atoms with Gasteiger partial charge in [0.05, 0.1) is 26.5 Å². The third-order valence-corrected chi connectivity index (χ3v) is 5.53. The number of aryl methyl sites for hydroxylation is 1. The van der Waals surface area contributed by atoms with E-state index < -0.39 is 11.7 Å². The summed E-state index contributed by atoms with van der Waals surface area (Å²) in [7, 11) is 0. The fourth-order valence-corrected chi connectivity index (χ4v) is 4.22. The highest BCUT2D eigenvalue weighted by Gasteiger charge is 2.36. The van der Waals surface area contributed by atoms with Gasteiger partial charge in [-0.25, -0.2) is 9.07 Å². The summed E-state index contributed by atoms with van der Waals surface area (Å²) in [4.78, 5) is 25.7. The van der Waals surface area contributed by atoms with E-state index in [2.05, 4.69) is 10.4 Å². The van der Waals surface area contributed by atoms with E-state index in [4.69, 9.17) is 11.6 Å². The molecule has 3 aromatic rings. The average molecular weight is 390 g/mol. The van der Waals surface area contributed by atoms with Gasteiger partial charge in [-0.15, -0.1) is 11.3 Å². The van der Waals surface area contributed by atoms with Crippen molar-refractivity contribution in [3.8, 4) is 5.69 Å². The van der Waals surface area contributed by atoms with E-state index in [1.807, 2.05) is 0 Å². The molecule has 26 heavy (non-hydrogen) atoms. The van der Waals surface area contributed by atoms with Crippen LogP contribution < -0.4 is 5.32 Å². The number of hydrogen-bond acceptors (Lipinski definition) is 4. The number of thiophene rings is 1. The second kappa shape index (κ2) is 6.34. The number of rotatable bonds is 3. The minimum Gasteiger partial charge on any atom is -0.310 e. The van der Waals surface area contributed by atoms with Crippen LogP contribution in [0.15, 0.2) is 36.4 Å². The highest BCUT2D eigenvalue weighted by molar-refractivity contribution is 7.18. The van der Waals surface area contributed by atoms with Gasteiger partial charge in [0.2, 0.25) is 5.91 Å². The monoisotopic (exact) mass is 389 g/mol. The molecule has 132 valence electrons. The molecule has 0 spiro atoms. The SMILES string of the molecule is Cc1nn(-c2cccc(F)c2)c2c1[C@H](C(=O)c1ccc(Cl)s1)CC(=O)N2. The van der Waals surface area contributed by atoms with Crippen molar-refractivity contribution in [2.75, 3.05) is 5.32 Å². The molecule has 0 saturated carbocycles. The largest absolute Gasteiger partial charge is 0.310 e. The first-order valence-electron chi connectivity index (χ1n) is 7.89. The number of carbonyl (C=O) groups excluding carboxylic acids is 2. The van der Waals surface area contributed by atoms with Crippen LogP contribution in [-0.2, 0) is 4.79 Å². The molecule has 0 unspecified atom stereocenters. The van der Waals surface area contributed by atoms with Crippen molar-refractivity contribution in [1.82, 2.24) is 9.78 Å². The Morgan fingerprint density at radius 3 is 2.88 bits per heavy atom. The maximum atomic E-state index is 13.6. The number of carbonyl (C=O) groups is 2. The lowest BCUT2D eigenvalue weighted by molar-refractivity contribution is -0.116. The number of anilines is 1. The van der Waals surface area contributed by atoms with Crippen molar-refractivity contribution in [1.29, 1.82) is 0 Å². The Bertz CT molecular complexity index is 1040. The van der Waals surface area contributed by atoms with Crippen molar-refractivity contribution in [2.45, 2.75) is 19.3 Å². The summed E-state index contributed by atoms with van der Waals surface area (Å²) in [5, 5.41) is 7.20. The zero-order chi connectivity index (χ0) is 18.4. The lowest BCUT2D eigenvalue weighted by atomic mass is 9.87. The number of nitrogens with zero attached hydrogens (tertiary/aromatic N) is 2. The molecule has 0 bridgehead atoms. The summed E-state index contributed by atoms with van der Waals surface area (Å²) in [5.74, 6) is -1.09. The quantitative estimate of drug-likeness (QED) is 0.677. The summed E-state index contributed by atoms with van der Waals surface area (Å²) in [6.45, 7) is 1.77. The van der Waals surface area contributed by atoms with Crippen molar-refractivity contribution >= 4 is 40.4 Å². The summed E-state index contributed by atoms with van der Waals surface area (Å²) < 4.78 is 15.6. The van der Waals surface area contributed by atoms with Crippen LogP contribution in [0, 0.1) is 12.7 Å². The number of ketones is 1. The molecule has 8 heteroatoms. The smallest absolute Gasteiger partial charge is 0.226 e. The Balaban J connectivity index is 1.83. The minimum atomic E-state index is -0.643. The van der Waals surface area contributed by atoms with Crippen LogP contribution in [-0.4, -0.2) is 21.5 Å². The molecule has 1 amide bonds. The molecule has 2 aromatic heterocycles. The highest BCUT2D eigenvalue weighted by atomic mass is 35.5. The predicted octanol–water partition coefficient (Wildman–Crippen LogP) is 4.34. The van der Waals surface area contributed by atoms with E-state index in [1.165, 1.54) is 28.2 Å². The van der Waals surface area contributed by atoms with E-state index in [1.54, 1.807) is 31.2 Å². The van der Waals surface area contributed by atoms with Crippen LogP contribution in [0.2, 0.25) is 4.34 Å². The fourth-order valence-electron chi connectivity index (χ4n) is 3.18. The second-order valence-electron chi connectivity index (χ2n) is 6.01. The van der Waals surface area contributed by atoms with Gasteiger partial charge in [-0.05, 0) is 37.3 Å². The van der Waals surface area contributed by atoms with Gasteiger partial charge in [0.1, 0.15) is 11.6 Å². The molecule has 0 aliphatic carbocycles. The summed E-state index contributed by atoms with van der Waals surface area (Å²) in [6, 6.07) is 9.22. The summed E-state index contributed by atoms with van der Waals surface area (Å²) >= 11 is 7.12. The molecule has 1 atom stereocenters. The lowest BCUT2D eigenvalue weighted by Crippen LogP contribution is -2.28. The molecular weight excluding hydrogens is 377 g/mol. The predicted molar refractivity (Wildman–Crippen MR) is 97.9 cm³/mol. The standard InChI is InChI=1S/C18H13ClFN3O2S/c1-9-16-12(17(25)13-5-6-14(19)26-13)8-15(24)21-18(16)23(22-9)11-4-2-3-10(20)7-11/h2-7,12H,8H2,1H3,(H,21,24)/t12-/m1/s1. The second-order valence-corrected chi connectivity index (χ2v) is 7.73. The fraction of sp³-hybridized carbons (Fsp3) is 0.167. The molecular formula is C18H13ClFN3O2S. The van der Waals surface area contributed by atoms with E-state index in [0.717, 1.165) is 0 Å². The molecule has 0 fully saturated rings. The number of hydrogen-bond donors (Lipinski definition) is 1. The normalized spacial score (nSPS) is 16.3. The topological polar surface area (TPSA) is 64.0 Å². The first-order valence-corrected chi connectivity index (χ1v) is 9.08. The molecule has 5 nitrogen and oxygen atoms in total. The number of amides is 1. The maximum Gasteiger partial charge on any atom is 0.226 e. The zero-order valence-electron chi connectivity index (χ0n) is 13.6. The molecule has 4 rings (SSSR count). The van der Waals surface area contributed by atoms with Crippen LogP contribution in [0.5, 0.6) is 0 Å². The number of aromatic nitrogens is 2. The maximum absolute atomic E-state index is 13.6. The van der Waals surface area contributed by atoms with Gasteiger partial charge < -0.3 is 5.32 Å². The number of halogens is 2. The molecule has 1 aromatic carbocycles. The summed E-state index contributed by atoms with van der Waals surface area (Å²) in [5.41, 5.74) is 1.75. The summed E-state index contributed by atoms with van der Waals surface area (Å²) in [6.07, 6.45) is 0.0387. The van der Waals surface area contributed by atoms with Gasteiger partial charge in [-0.1, -0.05) is 17.7 Å². The van der Waals surface area contributed by atoms with Gasteiger partial charge in [0, 0.05) is 12.0 Å². The Morgan fingerprint density at radius 1 is 1.38 bits per heavy atom. The molecule has 1 aliphatic rings. The van der Waals surface area contributed by atoms with Gasteiger partial charge in [-0.3, -0.25) is 9.59 Å². The number of nitrogens with one attached hydrogen (secondary N) is 1. The lowest BCUT2D eigenvalue weighted by Gasteiger charge is -2.22. The Morgan fingerprint density at radius 2 is 2.19 bits per heavy atom. The van der Waals surface area contributed by atoms with Crippen LogP contribution >= 0.6 is 22.9 Å². The van der Waals surface area contributed by atoms with Gasteiger partial charge in [0.15, 0.2) is 5.78 Å². The Hall–Kier alpha value is -2.51. The van der Waals surface area contributed by atoms with Gasteiger partial charge in [0.25, 0.3) is 0 Å². The van der Waals surface area contributed by atoms with Crippen LogP contribution in [0.4, 0.5) is 10.2 Å². The minimum absolute atomic E-state index is 0.0387. The Labute approximate surface area is 157 Å². The number of Topliss-reactive ketones (excluding diaryl/α,β-unsaturated/α-hetero) is 1. The Kier molecular flexibility index (Phi) is 4.13. The van der Waals surface area contributed by atoms with Crippen molar-refractivity contribution in [3.63, 3.8) is 0 Å². The first-order chi connectivity index (χ1) is 12.4. The van der Waals surface area contributed by atoms with E-state index in [-0.39, 0.29) is 18.1 Å². The third-order valence-electron chi connectivity index (χ3n) is 4.29. The number of fused-ring (bicyclic) bond motifs is 1. The van der Waals surface area contributed by atoms with Crippen molar-refractivity contribution in [2.24, 2.45) is 0 Å². The highest BCUT2D eigenvalue weighted by Crippen LogP contribution is 2.39. The third kappa shape index (κ3) is 2.83. The van der Waals surface area contributed by atoms with Gasteiger partial charge in [-0.2, -0.15) is 5.10 Å². The van der Waals surface area contributed by atoms with E-state index in [9.17, 15) is 14.0 Å². The van der Waals surface area contributed by atoms with Crippen LogP contribution in [0.1, 0.15) is 33.3 Å². The van der Waals surface area contributed by atoms with Crippen LogP contribution in [0.25, 0.3) is 5.69 Å². The molecule has 3 heterocycles. The average Bonchev–Trinajstić information content (AvgIpc) is 3.17. The van der Waals surface area contributed by atoms with Crippen molar-refractivity contribution in [3.05, 3.63) is 62.7 Å². The van der Waals surface area contributed by atoms with Crippen LogP contribution in [0.3, 0.4) is 0 Å². The van der Waals surface area contributed by atoms with E-state index in [0.29, 0.717) is 32.0 Å².